The molecule has 33 heavy (non-hydrogen) atoms. The number of hydrogen-bond donors (Lipinski definition) is 2. The van der Waals surface area contributed by atoms with Crippen molar-refractivity contribution in [3.63, 3.8) is 0 Å². The number of halogens is 1. The Bertz CT molecular complexity index is 1210. The van der Waals surface area contributed by atoms with Gasteiger partial charge in [-0.1, -0.05) is 23.7 Å². The molecule has 4 rings (SSSR count). The summed E-state index contributed by atoms with van der Waals surface area (Å²) in [5.74, 6) is 0.976. The topological polar surface area (TPSA) is 104 Å². The molecule has 0 aliphatic carbocycles. The van der Waals surface area contributed by atoms with Gasteiger partial charge in [0.1, 0.15) is 11.9 Å². The van der Waals surface area contributed by atoms with Gasteiger partial charge < -0.3 is 24.8 Å². The predicted octanol–water partition coefficient (Wildman–Crippen LogP) is 3.89. The molecule has 0 saturated heterocycles. The maximum atomic E-state index is 12.8. The highest BCUT2D eigenvalue weighted by Crippen LogP contribution is 2.41. The average Bonchev–Trinajstić information content (AvgIpc) is 3.28. The molecule has 0 spiro atoms. The highest BCUT2D eigenvalue weighted by atomic mass is 35.5. The van der Waals surface area contributed by atoms with Gasteiger partial charge in [0.05, 0.1) is 38.5 Å². The number of nitrogens with one attached hydrogen (secondary N) is 2. The molecule has 2 heterocycles. The van der Waals surface area contributed by atoms with Crippen molar-refractivity contribution in [2.45, 2.75) is 19.1 Å². The third kappa shape index (κ3) is 4.50. The Hall–Kier alpha value is -3.56. The fraction of sp³-hybridized carbons (Fsp3) is 0.261. The van der Waals surface area contributed by atoms with Crippen LogP contribution in [0.15, 0.2) is 42.5 Å². The van der Waals surface area contributed by atoms with Gasteiger partial charge in [-0.15, -0.1) is 0 Å². The van der Waals surface area contributed by atoms with Crippen LogP contribution < -0.4 is 20.1 Å². The van der Waals surface area contributed by atoms with Crippen LogP contribution in [0.4, 0.5) is 11.5 Å². The van der Waals surface area contributed by atoms with E-state index in [1.54, 1.807) is 62.4 Å². The molecule has 3 aromatic rings. The molecule has 172 valence electrons. The van der Waals surface area contributed by atoms with Gasteiger partial charge >= 0.3 is 0 Å². The molecule has 1 aliphatic heterocycles. The zero-order valence-corrected chi connectivity index (χ0v) is 19.1. The van der Waals surface area contributed by atoms with Crippen molar-refractivity contribution in [1.82, 2.24) is 9.78 Å². The monoisotopic (exact) mass is 470 g/mol. The number of rotatable bonds is 8. The predicted molar refractivity (Wildman–Crippen MR) is 124 cm³/mol. The third-order valence-electron chi connectivity index (χ3n) is 5.26. The lowest BCUT2D eigenvalue weighted by molar-refractivity contribution is -0.123. The SMILES string of the molecule is COCc1nn2c(c1-c1ccc(OC)c(OC)c1)NC(=O)C2CC(=O)Nc1cccc(Cl)c1. The number of ether oxygens (including phenoxy) is 3. The molecule has 9 nitrogen and oxygen atoms in total. The van der Waals surface area contributed by atoms with Gasteiger partial charge in [0.2, 0.25) is 5.91 Å². The number of carbonyl (C=O) groups excluding carboxylic acids is 2. The molecule has 2 amide bonds. The van der Waals surface area contributed by atoms with Crippen molar-refractivity contribution in [1.29, 1.82) is 0 Å². The minimum absolute atomic E-state index is 0.0924. The molecule has 0 radical (unpaired) electrons. The number of aromatic nitrogens is 2. The normalized spacial score (nSPS) is 14.5. The van der Waals surface area contributed by atoms with E-state index in [0.717, 1.165) is 5.56 Å². The Morgan fingerprint density at radius 1 is 1.15 bits per heavy atom. The van der Waals surface area contributed by atoms with E-state index < -0.39 is 6.04 Å². The Kier molecular flexibility index (Phi) is 6.52. The number of benzene rings is 2. The average molecular weight is 471 g/mol. The summed E-state index contributed by atoms with van der Waals surface area (Å²) >= 11 is 5.98. The number of fused-ring (bicyclic) bond motifs is 1. The number of methoxy groups -OCH3 is 3. The summed E-state index contributed by atoms with van der Waals surface area (Å²) < 4.78 is 17.6. The molecular formula is C23H23ClN4O5. The zero-order valence-electron chi connectivity index (χ0n) is 18.3. The van der Waals surface area contributed by atoms with Gasteiger partial charge in [0, 0.05) is 17.8 Å². The smallest absolute Gasteiger partial charge is 0.251 e. The number of hydrogen-bond acceptors (Lipinski definition) is 6. The zero-order chi connectivity index (χ0) is 23.5. The van der Waals surface area contributed by atoms with Crippen molar-refractivity contribution in [3.05, 3.63) is 53.2 Å². The van der Waals surface area contributed by atoms with Gasteiger partial charge in [-0.25, -0.2) is 4.68 Å². The number of nitrogens with zero attached hydrogens (tertiary/aromatic N) is 2. The molecule has 0 fully saturated rings. The van der Waals surface area contributed by atoms with E-state index in [1.165, 1.54) is 0 Å². The van der Waals surface area contributed by atoms with Crippen molar-refractivity contribution < 1.29 is 23.8 Å². The van der Waals surface area contributed by atoms with E-state index in [4.69, 9.17) is 25.8 Å². The van der Waals surface area contributed by atoms with Gasteiger partial charge in [0.15, 0.2) is 11.5 Å². The number of amides is 2. The van der Waals surface area contributed by atoms with E-state index in [-0.39, 0.29) is 24.8 Å². The van der Waals surface area contributed by atoms with E-state index in [1.807, 2.05) is 6.07 Å². The summed E-state index contributed by atoms with van der Waals surface area (Å²) in [6.07, 6.45) is -0.0924. The van der Waals surface area contributed by atoms with Gasteiger partial charge in [-0.05, 0) is 35.9 Å². The second kappa shape index (κ2) is 9.51. The first-order valence-corrected chi connectivity index (χ1v) is 10.5. The summed E-state index contributed by atoms with van der Waals surface area (Å²) in [5.41, 5.74) is 2.65. The molecule has 1 aliphatic rings. The lowest BCUT2D eigenvalue weighted by atomic mass is 10.0. The fourth-order valence-electron chi connectivity index (χ4n) is 3.80. The lowest BCUT2D eigenvalue weighted by Crippen LogP contribution is -2.24. The summed E-state index contributed by atoms with van der Waals surface area (Å²) in [4.78, 5) is 25.4. The van der Waals surface area contributed by atoms with E-state index in [9.17, 15) is 9.59 Å². The second-order valence-electron chi connectivity index (χ2n) is 7.39. The summed E-state index contributed by atoms with van der Waals surface area (Å²) in [7, 11) is 4.68. The lowest BCUT2D eigenvalue weighted by Gasteiger charge is -2.11. The minimum Gasteiger partial charge on any atom is -0.493 e. The minimum atomic E-state index is -0.802. The molecule has 1 aromatic heterocycles. The first-order chi connectivity index (χ1) is 15.9. The maximum Gasteiger partial charge on any atom is 0.251 e. The summed E-state index contributed by atoms with van der Waals surface area (Å²) in [6, 6.07) is 11.4. The van der Waals surface area contributed by atoms with Crippen LogP contribution in [0.2, 0.25) is 5.02 Å². The molecule has 0 bridgehead atoms. The maximum absolute atomic E-state index is 12.8. The van der Waals surface area contributed by atoms with Crippen molar-refractivity contribution in [2.24, 2.45) is 0 Å². The number of carbonyl (C=O) groups is 2. The molecular weight excluding hydrogens is 448 g/mol. The highest BCUT2D eigenvalue weighted by molar-refractivity contribution is 6.30. The van der Waals surface area contributed by atoms with Gasteiger partial charge in [-0.3, -0.25) is 9.59 Å². The van der Waals surface area contributed by atoms with E-state index >= 15 is 0 Å². The Morgan fingerprint density at radius 3 is 2.64 bits per heavy atom. The van der Waals surface area contributed by atoms with Crippen LogP contribution >= 0.6 is 11.6 Å². The summed E-state index contributed by atoms with van der Waals surface area (Å²) in [6.45, 7) is 0.223. The van der Waals surface area contributed by atoms with Crippen molar-refractivity contribution in [2.75, 3.05) is 32.0 Å². The second-order valence-corrected chi connectivity index (χ2v) is 7.82. The number of anilines is 2. The van der Waals surface area contributed by atoms with Gasteiger partial charge in [0.25, 0.3) is 5.91 Å². The van der Waals surface area contributed by atoms with Crippen LogP contribution in [-0.4, -0.2) is 42.9 Å². The molecule has 1 atom stereocenters. The molecule has 10 heteroatoms. The Balaban J connectivity index is 1.66. The van der Waals surface area contributed by atoms with Crippen LogP contribution in [-0.2, 0) is 20.9 Å². The Labute approximate surface area is 195 Å². The highest BCUT2D eigenvalue weighted by Gasteiger charge is 2.37. The van der Waals surface area contributed by atoms with Crippen LogP contribution in [0.25, 0.3) is 11.1 Å². The van der Waals surface area contributed by atoms with E-state index in [0.29, 0.717) is 39.3 Å². The van der Waals surface area contributed by atoms with Gasteiger partial charge in [-0.2, -0.15) is 5.10 Å². The molecule has 0 saturated carbocycles. The first kappa shape index (κ1) is 22.6. The van der Waals surface area contributed by atoms with E-state index in [2.05, 4.69) is 15.7 Å². The van der Waals surface area contributed by atoms with Crippen molar-refractivity contribution in [3.8, 4) is 22.6 Å². The molecule has 1 unspecified atom stereocenters. The Morgan fingerprint density at radius 2 is 1.94 bits per heavy atom. The van der Waals surface area contributed by atoms with Crippen LogP contribution in [0.3, 0.4) is 0 Å². The molecule has 2 N–H and O–H groups in total. The fourth-order valence-corrected chi connectivity index (χ4v) is 3.99. The van der Waals surface area contributed by atoms with Crippen LogP contribution in [0.5, 0.6) is 11.5 Å². The standard InChI is InChI=1S/C23H23ClN4O5/c1-31-12-16-21(13-7-8-18(32-2)19(9-13)33-3)22-26-23(30)17(28(22)27-16)11-20(29)25-15-6-4-5-14(24)10-15/h4-10,17H,11-12H2,1-3H3,(H,25,29)(H,26,30). The quantitative estimate of drug-likeness (QED) is 0.517. The largest absolute Gasteiger partial charge is 0.493 e. The molecule has 2 aromatic carbocycles. The summed E-state index contributed by atoms with van der Waals surface area (Å²) in [5, 5.41) is 10.7. The third-order valence-corrected chi connectivity index (χ3v) is 5.50. The first-order valence-electron chi connectivity index (χ1n) is 10.1. The van der Waals surface area contributed by atoms with Crippen molar-refractivity contribution >= 4 is 34.9 Å². The van der Waals surface area contributed by atoms with Crippen LogP contribution in [0, 0.1) is 0 Å². The van der Waals surface area contributed by atoms with Crippen LogP contribution in [0.1, 0.15) is 18.2 Å².